The minimum Gasteiger partial charge on any atom is -0.380 e. The fourth-order valence-electron chi connectivity index (χ4n) is 3.18. The Morgan fingerprint density at radius 2 is 1.97 bits per heavy atom. The average molecular weight is 400 g/mol. The molecular weight excluding hydrogens is 374 g/mol. The van der Waals surface area contributed by atoms with Gasteiger partial charge in [-0.2, -0.15) is 0 Å². The van der Waals surface area contributed by atoms with Crippen molar-refractivity contribution in [1.82, 2.24) is 15.6 Å². The number of aliphatic imine (C=N–C) groups is 1. The van der Waals surface area contributed by atoms with E-state index in [4.69, 9.17) is 4.74 Å². The number of nitrogens with one attached hydrogen (secondary N) is 3. The molecule has 0 saturated carbocycles. The molecule has 0 aliphatic carbocycles. The fraction of sp³-hybridized carbons (Fsp3) is 0.318. The first-order valence-corrected chi connectivity index (χ1v) is 9.64. The van der Waals surface area contributed by atoms with Crippen molar-refractivity contribution in [2.24, 2.45) is 4.99 Å². The highest BCUT2D eigenvalue weighted by Crippen LogP contribution is 2.19. The van der Waals surface area contributed by atoms with E-state index in [0.29, 0.717) is 24.6 Å². The molecule has 0 bridgehead atoms. The van der Waals surface area contributed by atoms with Crippen LogP contribution in [0.15, 0.2) is 47.6 Å². The number of H-pyrrole nitrogens is 1. The van der Waals surface area contributed by atoms with Gasteiger partial charge in [-0.3, -0.25) is 0 Å². The molecule has 2 aromatic carbocycles. The summed E-state index contributed by atoms with van der Waals surface area (Å²) in [6.45, 7) is 4.02. The summed E-state index contributed by atoms with van der Waals surface area (Å²) < 4.78 is 32.3. The number of aromatic amines is 1. The van der Waals surface area contributed by atoms with E-state index in [1.807, 2.05) is 13.1 Å². The minimum absolute atomic E-state index is 0.229. The smallest absolute Gasteiger partial charge is 0.191 e. The third kappa shape index (κ3) is 5.54. The van der Waals surface area contributed by atoms with Gasteiger partial charge in [-0.15, -0.1) is 0 Å². The van der Waals surface area contributed by atoms with E-state index < -0.39 is 0 Å². The first-order valence-electron chi connectivity index (χ1n) is 9.64. The fourth-order valence-corrected chi connectivity index (χ4v) is 3.18. The zero-order valence-corrected chi connectivity index (χ0v) is 16.7. The van der Waals surface area contributed by atoms with Gasteiger partial charge in [-0.1, -0.05) is 6.07 Å². The van der Waals surface area contributed by atoms with Crippen LogP contribution in [-0.4, -0.2) is 31.1 Å². The van der Waals surface area contributed by atoms with Gasteiger partial charge in [0.15, 0.2) is 5.96 Å². The molecule has 1 aromatic heterocycles. The van der Waals surface area contributed by atoms with E-state index in [0.717, 1.165) is 35.0 Å². The summed E-state index contributed by atoms with van der Waals surface area (Å²) in [7, 11) is 1.54. The number of methoxy groups -OCH3 is 1. The molecule has 154 valence electrons. The van der Waals surface area contributed by atoms with Gasteiger partial charge in [0.1, 0.15) is 11.6 Å². The van der Waals surface area contributed by atoms with E-state index >= 15 is 0 Å². The topological polar surface area (TPSA) is 61.4 Å². The second-order valence-electron chi connectivity index (χ2n) is 6.73. The second-order valence-corrected chi connectivity index (χ2v) is 6.73. The summed E-state index contributed by atoms with van der Waals surface area (Å²) in [5, 5.41) is 7.39. The monoisotopic (exact) mass is 400 g/mol. The maximum absolute atomic E-state index is 13.7. The Hall–Kier alpha value is -2.93. The number of hydrogen-bond donors (Lipinski definition) is 3. The lowest BCUT2D eigenvalue weighted by atomic mass is 10.1. The molecule has 0 aliphatic rings. The Morgan fingerprint density at radius 1 is 1.10 bits per heavy atom. The number of aromatic nitrogens is 1. The lowest BCUT2D eigenvalue weighted by Gasteiger charge is -2.11. The predicted octanol–water partition coefficient (Wildman–Crippen LogP) is 3.89. The van der Waals surface area contributed by atoms with Crippen LogP contribution in [0.2, 0.25) is 0 Å². The van der Waals surface area contributed by atoms with Crippen molar-refractivity contribution in [1.29, 1.82) is 0 Å². The number of halogens is 2. The molecule has 3 rings (SSSR count). The van der Waals surface area contributed by atoms with Gasteiger partial charge in [0, 0.05) is 42.9 Å². The van der Waals surface area contributed by atoms with Crippen molar-refractivity contribution < 1.29 is 13.5 Å². The summed E-state index contributed by atoms with van der Waals surface area (Å²) in [4.78, 5) is 7.74. The van der Waals surface area contributed by atoms with E-state index in [2.05, 4.69) is 20.6 Å². The van der Waals surface area contributed by atoms with Crippen LogP contribution < -0.4 is 10.6 Å². The lowest BCUT2D eigenvalue weighted by molar-refractivity contribution is 0.181. The zero-order chi connectivity index (χ0) is 20.6. The molecule has 0 saturated heterocycles. The number of nitrogens with zero attached hydrogens (tertiary/aromatic N) is 1. The average Bonchev–Trinajstić information content (AvgIpc) is 3.10. The first-order chi connectivity index (χ1) is 14.1. The summed E-state index contributed by atoms with van der Waals surface area (Å²) in [5.74, 6) is 0.157. The van der Waals surface area contributed by atoms with Gasteiger partial charge in [-0.25, -0.2) is 13.8 Å². The van der Waals surface area contributed by atoms with Crippen LogP contribution in [-0.2, 0) is 24.3 Å². The highest BCUT2D eigenvalue weighted by atomic mass is 19.1. The molecule has 0 fully saturated rings. The van der Waals surface area contributed by atoms with Crippen molar-refractivity contribution in [2.75, 3.05) is 20.2 Å². The molecule has 0 unspecified atom stereocenters. The number of ether oxygens (including phenoxy) is 1. The van der Waals surface area contributed by atoms with Crippen LogP contribution in [0.4, 0.5) is 8.78 Å². The van der Waals surface area contributed by atoms with Crippen LogP contribution >= 0.6 is 0 Å². The Kier molecular flexibility index (Phi) is 7.19. The third-order valence-corrected chi connectivity index (χ3v) is 4.59. The van der Waals surface area contributed by atoms with Crippen LogP contribution in [0.5, 0.6) is 0 Å². The maximum Gasteiger partial charge on any atom is 0.191 e. The Balaban J connectivity index is 1.62. The molecule has 0 aliphatic heterocycles. The SMILES string of the molecule is CCNC(=NCc1ccc(F)c(COC)c1)NCCc1c[nH]c2ccc(F)cc12. The Bertz CT molecular complexity index is 984. The van der Waals surface area contributed by atoms with Crippen molar-refractivity contribution in [3.63, 3.8) is 0 Å². The molecule has 29 heavy (non-hydrogen) atoms. The summed E-state index contributed by atoms with van der Waals surface area (Å²) in [6.07, 6.45) is 2.63. The Morgan fingerprint density at radius 3 is 2.76 bits per heavy atom. The normalized spacial score (nSPS) is 11.8. The largest absolute Gasteiger partial charge is 0.380 e. The van der Waals surface area contributed by atoms with Gasteiger partial charge in [0.05, 0.1) is 13.2 Å². The molecule has 0 radical (unpaired) electrons. The predicted molar refractivity (Wildman–Crippen MR) is 112 cm³/mol. The summed E-state index contributed by atoms with van der Waals surface area (Å²) >= 11 is 0. The second kappa shape index (κ2) is 10.0. The van der Waals surface area contributed by atoms with Gasteiger partial charge < -0.3 is 20.4 Å². The van der Waals surface area contributed by atoms with Crippen molar-refractivity contribution in [3.8, 4) is 0 Å². The molecule has 0 amide bonds. The molecule has 3 aromatic rings. The summed E-state index contributed by atoms with van der Waals surface area (Å²) in [5.41, 5.74) is 3.39. The van der Waals surface area contributed by atoms with Crippen LogP contribution in [0.3, 0.4) is 0 Å². The number of rotatable bonds is 8. The van der Waals surface area contributed by atoms with Gasteiger partial charge >= 0.3 is 0 Å². The van der Waals surface area contributed by atoms with E-state index in [-0.39, 0.29) is 18.2 Å². The highest BCUT2D eigenvalue weighted by Gasteiger charge is 2.06. The number of benzene rings is 2. The van der Waals surface area contributed by atoms with Gasteiger partial charge in [0.25, 0.3) is 0 Å². The molecule has 1 heterocycles. The van der Waals surface area contributed by atoms with E-state index in [1.54, 1.807) is 31.4 Å². The molecule has 0 spiro atoms. The zero-order valence-electron chi connectivity index (χ0n) is 16.7. The maximum atomic E-state index is 13.7. The van der Waals surface area contributed by atoms with Crippen molar-refractivity contribution in [3.05, 3.63) is 70.9 Å². The highest BCUT2D eigenvalue weighted by molar-refractivity contribution is 5.83. The van der Waals surface area contributed by atoms with Crippen molar-refractivity contribution >= 4 is 16.9 Å². The van der Waals surface area contributed by atoms with Crippen LogP contribution in [0.25, 0.3) is 10.9 Å². The minimum atomic E-state index is -0.278. The quantitative estimate of drug-likeness (QED) is 0.397. The molecule has 0 atom stereocenters. The van der Waals surface area contributed by atoms with Crippen molar-refractivity contribution in [2.45, 2.75) is 26.5 Å². The van der Waals surface area contributed by atoms with Gasteiger partial charge in [0.2, 0.25) is 0 Å². The van der Waals surface area contributed by atoms with Crippen LogP contribution in [0, 0.1) is 11.6 Å². The lowest BCUT2D eigenvalue weighted by Crippen LogP contribution is -2.38. The number of guanidine groups is 1. The Labute approximate surface area is 169 Å². The first kappa shape index (κ1) is 20.8. The van der Waals surface area contributed by atoms with E-state index in [1.165, 1.54) is 12.1 Å². The van der Waals surface area contributed by atoms with Gasteiger partial charge in [-0.05, 0) is 54.8 Å². The van der Waals surface area contributed by atoms with Crippen LogP contribution in [0.1, 0.15) is 23.6 Å². The molecule has 7 heteroatoms. The number of fused-ring (bicyclic) bond motifs is 1. The third-order valence-electron chi connectivity index (χ3n) is 4.59. The molecule has 3 N–H and O–H groups in total. The molecule has 5 nitrogen and oxygen atoms in total. The van der Waals surface area contributed by atoms with E-state index in [9.17, 15) is 8.78 Å². The number of hydrogen-bond acceptors (Lipinski definition) is 2. The molecular formula is C22H26F2N4O. The summed E-state index contributed by atoms with van der Waals surface area (Å²) in [6, 6.07) is 9.68. The standard InChI is InChI=1S/C22H26F2N4O/c1-3-25-22(28-12-15-4-6-20(24)17(10-15)14-29-2)26-9-8-16-13-27-21-7-5-18(23)11-19(16)21/h4-7,10-11,13,27H,3,8-9,12,14H2,1-2H3,(H2,25,26,28).